The van der Waals surface area contributed by atoms with Gasteiger partial charge < -0.3 is 32.0 Å². The monoisotopic (exact) mass is 626 g/mol. The van der Waals surface area contributed by atoms with Crippen LogP contribution in [0.5, 0.6) is 0 Å². The van der Waals surface area contributed by atoms with Crippen molar-refractivity contribution in [2.24, 2.45) is 16.2 Å². The Morgan fingerprint density at radius 1 is 0.641 bits per heavy atom. The highest BCUT2D eigenvalue weighted by molar-refractivity contribution is 6.90. The maximum atomic E-state index is 13.4. The average Bonchev–Trinajstić information content (AvgIpc) is 2.69. The van der Waals surface area contributed by atoms with Crippen LogP contribution in [0.4, 0.5) is 0 Å². The molecule has 1 atom stereocenters. The summed E-state index contributed by atoms with van der Waals surface area (Å²) in [7, 11) is -9.29. The number of rotatable bonds is 17. The number of esters is 2. The van der Waals surface area contributed by atoms with Crippen molar-refractivity contribution in [2.45, 2.75) is 106 Å². The lowest BCUT2D eigenvalue weighted by atomic mass is 9.53. The Morgan fingerprint density at radius 2 is 0.974 bits per heavy atom. The summed E-state index contributed by atoms with van der Waals surface area (Å²) in [5.74, 6) is -2.91. The molecule has 0 radical (unpaired) electrons. The second kappa shape index (κ2) is 13.4. The van der Waals surface area contributed by atoms with Crippen LogP contribution in [0.3, 0.4) is 0 Å². The van der Waals surface area contributed by atoms with E-state index >= 15 is 0 Å². The topological polar surface area (TPSA) is 138 Å². The van der Waals surface area contributed by atoms with Crippen molar-refractivity contribution in [2.75, 3.05) is 19.8 Å². The van der Waals surface area contributed by atoms with E-state index in [9.17, 15) is 19.5 Å². The average molecular weight is 627 g/mol. The van der Waals surface area contributed by atoms with Crippen molar-refractivity contribution in [3.8, 4) is 0 Å². The maximum absolute atomic E-state index is 13.4. The van der Waals surface area contributed by atoms with Crippen LogP contribution >= 0.6 is 0 Å². The van der Waals surface area contributed by atoms with Crippen LogP contribution in [0.15, 0.2) is 0 Å². The summed E-state index contributed by atoms with van der Waals surface area (Å²) in [5.41, 5.74) is -5.10. The Bertz CT molecular complexity index is 816. The molecule has 0 spiro atoms. The van der Waals surface area contributed by atoms with Crippen molar-refractivity contribution in [1.29, 1.82) is 0 Å². The summed E-state index contributed by atoms with van der Waals surface area (Å²) in [4.78, 5) is 38.7. The first-order valence-electron chi connectivity index (χ1n) is 13.5. The molecule has 0 rings (SSSR count). The quantitative estimate of drug-likeness (QED) is 0.128. The lowest BCUT2D eigenvalue weighted by Gasteiger charge is -2.47. The fourth-order valence-electron chi connectivity index (χ4n) is 4.29. The number of carbonyl (C=O) groups is 3. The zero-order chi connectivity index (χ0) is 31.3. The number of hydrogen-bond donors (Lipinski definition) is 2. The molecule has 2 N–H and O–H groups in total. The Hall–Kier alpha value is -0.882. The highest BCUT2D eigenvalue weighted by atomic mass is 28.5. The van der Waals surface area contributed by atoms with E-state index in [4.69, 9.17) is 26.9 Å². The zero-order valence-corrected chi connectivity index (χ0v) is 30.7. The van der Waals surface area contributed by atoms with E-state index in [1.54, 1.807) is 0 Å². The molecule has 0 saturated heterocycles. The van der Waals surface area contributed by atoms with Gasteiger partial charge in [-0.2, -0.15) is 0 Å². The predicted octanol–water partition coefficient (Wildman–Crippen LogP) is 5.09. The van der Waals surface area contributed by atoms with E-state index in [0.717, 1.165) is 0 Å². The second-order valence-corrected chi connectivity index (χ2v) is 31.1. The highest BCUT2D eigenvalue weighted by Gasteiger charge is 2.64. The van der Waals surface area contributed by atoms with Crippen molar-refractivity contribution in [1.82, 2.24) is 0 Å². The number of aliphatic hydroxyl groups is 1. The Labute approximate surface area is 239 Å². The van der Waals surface area contributed by atoms with Gasteiger partial charge in [0.1, 0.15) is 6.61 Å². The molecule has 0 amide bonds. The predicted molar refractivity (Wildman–Crippen MR) is 161 cm³/mol. The number of aliphatic hydroxyl groups excluding tert-OH is 1. The number of hydrogen-bond acceptors (Lipinski definition) is 9. The van der Waals surface area contributed by atoms with Crippen LogP contribution in [0.1, 0.15) is 41.0 Å². The van der Waals surface area contributed by atoms with E-state index in [-0.39, 0.29) is 13.2 Å². The fraction of sp³-hybridized carbons (Fsp3) is 0.880. The smallest absolute Gasteiger partial charge is 0.469 e. The number of carboxylic acid groups (broad SMARTS) is 1. The molecule has 1 unspecified atom stereocenters. The third kappa shape index (κ3) is 10.8. The molecule has 0 aliphatic rings. The van der Waals surface area contributed by atoms with Crippen molar-refractivity contribution >= 4 is 51.7 Å². The molecular formula is C25H54O10Si4. The summed E-state index contributed by atoms with van der Waals surface area (Å²) in [6.45, 7) is 25.3. The van der Waals surface area contributed by atoms with Gasteiger partial charge in [0.15, 0.2) is 25.0 Å². The van der Waals surface area contributed by atoms with Gasteiger partial charge in [-0.1, -0.05) is 0 Å². The minimum atomic E-state index is -3.11. The fourth-order valence-corrected chi connectivity index (χ4v) is 18.9. The van der Waals surface area contributed by atoms with Crippen LogP contribution in [0.25, 0.3) is 0 Å². The van der Waals surface area contributed by atoms with Gasteiger partial charge in [0.2, 0.25) is 0 Å². The first-order chi connectivity index (χ1) is 17.2. The minimum absolute atomic E-state index is 0.0152. The van der Waals surface area contributed by atoms with Gasteiger partial charge in [-0.25, -0.2) is 0 Å². The van der Waals surface area contributed by atoms with E-state index in [1.807, 2.05) is 0 Å². The molecule has 0 bridgehead atoms. The minimum Gasteiger partial charge on any atom is -0.481 e. The van der Waals surface area contributed by atoms with Gasteiger partial charge in [-0.05, 0) is 100.0 Å². The molecule has 0 aliphatic heterocycles. The van der Waals surface area contributed by atoms with E-state index in [0.29, 0.717) is 12.5 Å². The Kier molecular flexibility index (Phi) is 13.1. The van der Waals surface area contributed by atoms with E-state index < -0.39 is 74.5 Å². The summed E-state index contributed by atoms with van der Waals surface area (Å²) >= 11 is 0. The third-order valence-electron chi connectivity index (χ3n) is 6.52. The van der Waals surface area contributed by atoms with Gasteiger partial charge in [0, 0.05) is 6.04 Å². The van der Waals surface area contributed by atoms with Crippen LogP contribution in [0, 0.1) is 16.2 Å². The first-order valence-corrected chi connectivity index (χ1v) is 25.6. The van der Waals surface area contributed by atoms with Crippen LogP contribution in [-0.4, -0.2) is 81.7 Å². The standard InChI is InChI=1S/C25H54O10Si4/c1-23(2,25(5,20(27)28)24(3,4)22(30)32-18-16-26)21(29)31-17-15-19-39(33-36(6,7)8,34-37(9,10)11)35-38(12,13)14/h26H,15-19H2,1-14H3,(H,27,28). The SMILES string of the molecule is CC(C)(C(=O)OCCO)C(C)(C(=O)O)C(C)(C)C(=O)OCCC[Si](O[Si](C)(C)C)(O[Si](C)(C)C)O[Si](C)(C)C. The van der Waals surface area contributed by atoms with Crippen LogP contribution < -0.4 is 0 Å². The molecule has 0 fully saturated rings. The van der Waals surface area contributed by atoms with Gasteiger partial charge >= 0.3 is 26.7 Å². The molecule has 39 heavy (non-hydrogen) atoms. The van der Waals surface area contributed by atoms with Gasteiger partial charge in [-0.15, -0.1) is 0 Å². The second-order valence-electron chi connectivity index (χ2n) is 14.1. The lowest BCUT2D eigenvalue weighted by Crippen LogP contribution is -2.60. The zero-order valence-electron chi connectivity index (χ0n) is 26.7. The molecule has 14 heteroatoms. The van der Waals surface area contributed by atoms with Crippen molar-refractivity contribution in [3.05, 3.63) is 0 Å². The van der Waals surface area contributed by atoms with Crippen molar-refractivity contribution in [3.63, 3.8) is 0 Å². The summed E-state index contributed by atoms with van der Waals surface area (Å²) in [5, 5.41) is 19.3. The van der Waals surface area contributed by atoms with Gasteiger partial charge in [0.25, 0.3) is 0 Å². The van der Waals surface area contributed by atoms with Crippen molar-refractivity contribution < 1.29 is 46.4 Å². The molecule has 0 aromatic heterocycles. The number of ether oxygens (including phenoxy) is 2. The van der Waals surface area contributed by atoms with Crippen LogP contribution in [-0.2, 0) is 36.2 Å². The normalized spacial score (nSPS) is 15.5. The number of aliphatic carboxylic acids is 1. The Morgan fingerprint density at radius 3 is 1.26 bits per heavy atom. The molecule has 0 aliphatic carbocycles. The summed E-state index contributed by atoms with van der Waals surface area (Å²) < 4.78 is 30.7. The maximum Gasteiger partial charge on any atom is 0.469 e. The Balaban J connectivity index is 5.96. The molecule has 230 valence electrons. The van der Waals surface area contributed by atoms with E-state index in [2.05, 4.69) is 58.9 Å². The largest absolute Gasteiger partial charge is 0.481 e. The molecular weight excluding hydrogens is 573 g/mol. The highest BCUT2D eigenvalue weighted by Crippen LogP contribution is 2.53. The third-order valence-corrected chi connectivity index (χ3v) is 18.6. The van der Waals surface area contributed by atoms with Gasteiger partial charge in [0.05, 0.1) is 29.5 Å². The lowest BCUT2D eigenvalue weighted by molar-refractivity contribution is -0.194. The van der Waals surface area contributed by atoms with Gasteiger partial charge in [-0.3, -0.25) is 14.4 Å². The molecule has 0 aromatic carbocycles. The molecule has 0 heterocycles. The van der Waals surface area contributed by atoms with Crippen LogP contribution in [0.2, 0.25) is 65.0 Å². The first kappa shape index (κ1) is 38.1. The number of carboxylic acids is 1. The molecule has 0 saturated carbocycles. The van der Waals surface area contributed by atoms with E-state index in [1.165, 1.54) is 34.6 Å². The molecule has 0 aromatic rings. The molecule has 10 nitrogen and oxygen atoms in total. The number of carbonyl (C=O) groups excluding carboxylic acids is 2. The summed E-state index contributed by atoms with van der Waals surface area (Å²) in [6.07, 6.45) is 0.416. The summed E-state index contributed by atoms with van der Waals surface area (Å²) in [6, 6.07) is 0.467.